The zero-order valence-corrected chi connectivity index (χ0v) is 17.8. The minimum Gasteiger partial charge on any atom is -0.776 e. The van der Waals surface area contributed by atoms with E-state index in [1.165, 1.54) is 49.6 Å². The zero-order valence-electron chi connectivity index (χ0n) is 15.4. The fourth-order valence-electron chi connectivity index (χ4n) is 2.07. The maximum Gasteiger partial charge on any atom is 1.00 e. The van der Waals surface area contributed by atoms with Crippen molar-refractivity contribution in [2.45, 2.75) is 5.85 Å². The van der Waals surface area contributed by atoms with E-state index in [1.54, 1.807) is 0 Å². The van der Waals surface area contributed by atoms with E-state index in [2.05, 4.69) is 4.52 Å². The first kappa shape index (κ1) is 24.9. The van der Waals surface area contributed by atoms with E-state index in [0.29, 0.717) is 10.8 Å². The Morgan fingerprint density at radius 1 is 1.14 bits per heavy atom. The molecule has 11 heteroatoms. The van der Waals surface area contributed by atoms with Gasteiger partial charge in [-0.15, -0.1) is 0 Å². The molecule has 0 fully saturated rings. The molecule has 0 N–H and O–H groups in total. The molecule has 0 aromatic heterocycles. The summed E-state index contributed by atoms with van der Waals surface area (Å²) in [5.74, 6) is -1.83. The van der Waals surface area contributed by atoms with Crippen LogP contribution >= 0.6 is 30.8 Å². The van der Waals surface area contributed by atoms with E-state index < -0.39 is 26.0 Å². The minimum absolute atomic E-state index is 0. The fraction of sp³-hybridized carbons (Fsp3) is 0.235. The number of esters is 1. The summed E-state index contributed by atoms with van der Waals surface area (Å²) in [4.78, 5) is 24.3. The maximum absolute atomic E-state index is 12.2. The van der Waals surface area contributed by atoms with Gasteiger partial charge in [0.05, 0.1) is 12.1 Å². The van der Waals surface area contributed by atoms with Crippen LogP contribution in [0.3, 0.4) is 0 Å². The molecule has 2 aromatic carbocycles. The number of hydrogen-bond acceptors (Lipinski definition) is 7. The van der Waals surface area contributed by atoms with Crippen molar-refractivity contribution >= 4 is 36.8 Å². The van der Waals surface area contributed by atoms with Crippen LogP contribution in [-0.2, 0) is 18.6 Å². The Bertz CT molecular complexity index is 848. The van der Waals surface area contributed by atoms with Crippen LogP contribution in [0.1, 0.15) is 11.4 Å². The number of carbonyl (C=O) groups excluding carboxylic acids is 1. The van der Waals surface area contributed by atoms with Crippen LogP contribution < -0.4 is 33.2 Å². The van der Waals surface area contributed by atoms with Crippen molar-refractivity contribution in [2.75, 3.05) is 20.8 Å². The molecule has 0 aliphatic rings. The van der Waals surface area contributed by atoms with Gasteiger partial charge in [0.1, 0.15) is 11.5 Å². The average molecular weight is 441 g/mol. The molecular weight excluding hydrogens is 425 g/mol. The number of ether oxygens (including phenoxy) is 3. The van der Waals surface area contributed by atoms with Gasteiger partial charge >= 0.3 is 24.8 Å². The standard InChI is InChI=1S/C17H17Cl2O7P.Li/c1-23-13-6-3-11(4-7-13)17(27(21,22)24-2)26-16(20)10-25-15-8-5-12(18)9-14(15)19;/h3-9,17H,10H2,1-2H3,(H,21,22);/q;+1/p-1. The zero-order chi connectivity index (χ0) is 20.0. The molecule has 0 radical (unpaired) electrons. The second-order valence-corrected chi connectivity index (χ2v) is 7.96. The van der Waals surface area contributed by atoms with Crippen LogP contribution in [0.5, 0.6) is 11.5 Å². The summed E-state index contributed by atoms with van der Waals surface area (Å²) in [6.45, 7) is -0.558. The summed E-state index contributed by atoms with van der Waals surface area (Å²) < 4.78 is 32.1. The quantitative estimate of drug-likeness (QED) is 0.340. The van der Waals surface area contributed by atoms with Crippen LogP contribution in [0.15, 0.2) is 42.5 Å². The largest absolute Gasteiger partial charge is 1.00 e. The molecule has 28 heavy (non-hydrogen) atoms. The monoisotopic (exact) mass is 440 g/mol. The summed E-state index contributed by atoms with van der Waals surface area (Å²) in [6.07, 6.45) is 0. The molecule has 0 heterocycles. The Labute approximate surface area is 184 Å². The van der Waals surface area contributed by atoms with Crippen molar-refractivity contribution in [1.29, 1.82) is 0 Å². The van der Waals surface area contributed by atoms with Gasteiger partial charge in [0, 0.05) is 17.7 Å². The number of carbonyl (C=O) groups is 1. The van der Waals surface area contributed by atoms with E-state index in [9.17, 15) is 14.3 Å². The summed E-state index contributed by atoms with van der Waals surface area (Å²) in [5, 5.41) is 0.607. The predicted molar refractivity (Wildman–Crippen MR) is 98.4 cm³/mol. The van der Waals surface area contributed by atoms with Crippen LogP contribution in [-0.4, -0.2) is 26.8 Å². The Balaban J connectivity index is 0.00000392. The minimum atomic E-state index is -4.53. The first-order valence-electron chi connectivity index (χ1n) is 7.54. The van der Waals surface area contributed by atoms with Gasteiger partial charge in [-0.1, -0.05) is 35.3 Å². The number of halogens is 2. The molecule has 0 saturated carbocycles. The van der Waals surface area contributed by atoms with E-state index >= 15 is 0 Å². The Morgan fingerprint density at radius 2 is 1.79 bits per heavy atom. The molecule has 0 bridgehead atoms. The van der Waals surface area contributed by atoms with E-state index in [0.717, 1.165) is 7.11 Å². The molecule has 0 spiro atoms. The third-order valence-corrected chi connectivity index (χ3v) is 5.44. The normalized spacial score (nSPS) is 13.6. The first-order chi connectivity index (χ1) is 12.8. The molecule has 0 amide bonds. The van der Waals surface area contributed by atoms with Gasteiger partial charge in [-0.05, 0) is 30.3 Å². The van der Waals surface area contributed by atoms with Gasteiger partial charge < -0.3 is 28.2 Å². The Kier molecular flexibility index (Phi) is 9.89. The molecule has 7 nitrogen and oxygen atoms in total. The summed E-state index contributed by atoms with van der Waals surface area (Å²) in [7, 11) is -2.07. The molecule has 2 aromatic rings. The van der Waals surface area contributed by atoms with Crippen LogP contribution in [0.25, 0.3) is 0 Å². The topological polar surface area (TPSA) is 94.1 Å². The van der Waals surface area contributed by atoms with Crippen molar-refractivity contribution in [1.82, 2.24) is 0 Å². The fourth-order valence-corrected chi connectivity index (χ4v) is 3.51. The third-order valence-electron chi connectivity index (χ3n) is 3.43. The molecular formula is C17H16Cl2LiO7P. The molecule has 2 unspecified atom stereocenters. The van der Waals surface area contributed by atoms with Crippen molar-refractivity contribution < 1.29 is 51.8 Å². The van der Waals surface area contributed by atoms with E-state index in [-0.39, 0.29) is 35.2 Å². The van der Waals surface area contributed by atoms with Gasteiger partial charge in [0.15, 0.2) is 20.0 Å². The first-order valence-corrected chi connectivity index (χ1v) is 9.91. The average Bonchev–Trinajstić information content (AvgIpc) is 2.65. The molecule has 0 aliphatic heterocycles. The third kappa shape index (κ3) is 6.72. The summed E-state index contributed by atoms with van der Waals surface area (Å²) in [6, 6.07) is 10.4. The van der Waals surface area contributed by atoms with Crippen molar-refractivity contribution in [3.8, 4) is 11.5 Å². The number of methoxy groups -OCH3 is 1. The van der Waals surface area contributed by atoms with Gasteiger partial charge in [-0.25, -0.2) is 4.79 Å². The molecule has 2 atom stereocenters. The smallest absolute Gasteiger partial charge is 0.776 e. The van der Waals surface area contributed by atoms with Gasteiger partial charge in [-0.3, -0.25) is 0 Å². The second kappa shape index (κ2) is 11.1. The second-order valence-electron chi connectivity index (χ2n) is 5.20. The summed E-state index contributed by atoms with van der Waals surface area (Å²) >= 11 is 11.7. The van der Waals surface area contributed by atoms with Gasteiger partial charge in [-0.2, -0.15) is 0 Å². The molecule has 0 saturated heterocycles. The van der Waals surface area contributed by atoms with Crippen LogP contribution in [0, 0.1) is 0 Å². The maximum atomic E-state index is 12.2. The molecule has 146 valence electrons. The van der Waals surface area contributed by atoms with Crippen LogP contribution in [0.2, 0.25) is 10.0 Å². The number of rotatable bonds is 8. The van der Waals surface area contributed by atoms with E-state index in [4.69, 9.17) is 37.4 Å². The van der Waals surface area contributed by atoms with Crippen molar-refractivity contribution in [2.24, 2.45) is 0 Å². The molecule has 0 aliphatic carbocycles. The SMILES string of the molecule is COc1ccc(C(OC(=O)COc2ccc(Cl)cc2Cl)P(=O)([O-])OC)cc1.[Li+]. The van der Waals surface area contributed by atoms with Crippen molar-refractivity contribution in [3.05, 3.63) is 58.1 Å². The predicted octanol–water partition coefficient (Wildman–Crippen LogP) is 0.827. The van der Waals surface area contributed by atoms with Gasteiger partial charge in [0.25, 0.3) is 0 Å². The number of benzene rings is 2. The number of hydrogen-bond donors (Lipinski definition) is 0. The Hall–Kier alpha value is -1.16. The Morgan fingerprint density at radius 3 is 2.32 bits per heavy atom. The van der Waals surface area contributed by atoms with Crippen molar-refractivity contribution in [3.63, 3.8) is 0 Å². The van der Waals surface area contributed by atoms with Gasteiger partial charge in [0.2, 0.25) is 0 Å². The van der Waals surface area contributed by atoms with E-state index in [1.807, 2.05) is 0 Å². The summed E-state index contributed by atoms with van der Waals surface area (Å²) in [5.41, 5.74) is 0.203. The van der Waals surface area contributed by atoms with Crippen LogP contribution in [0.4, 0.5) is 0 Å². The molecule has 2 rings (SSSR count).